The first-order valence-corrected chi connectivity index (χ1v) is 5.64. The average molecular weight is 254 g/mol. The molecule has 2 heterocycles. The number of rotatable bonds is 2. The zero-order valence-corrected chi connectivity index (χ0v) is 10.1. The Morgan fingerprint density at radius 2 is 2.05 bits per heavy atom. The molecule has 19 heavy (non-hydrogen) atoms. The molecule has 7 nitrogen and oxygen atoms in total. The number of nitrogens with one attached hydrogen (secondary N) is 2. The number of hydrogen-bond acceptors (Lipinski definition) is 5. The molecule has 3 aromatic rings. The van der Waals surface area contributed by atoms with Gasteiger partial charge < -0.3 is 4.98 Å². The quantitative estimate of drug-likeness (QED) is 0.708. The van der Waals surface area contributed by atoms with Crippen molar-refractivity contribution in [2.45, 2.75) is 6.92 Å². The minimum absolute atomic E-state index is 0.144. The van der Waals surface area contributed by atoms with Crippen molar-refractivity contribution in [3.8, 4) is 22.8 Å². The van der Waals surface area contributed by atoms with Gasteiger partial charge in [0.2, 0.25) is 5.82 Å². The van der Waals surface area contributed by atoms with E-state index >= 15 is 0 Å². The van der Waals surface area contributed by atoms with Crippen molar-refractivity contribution in [1.82, 2.24) is 30.6 Å². The van der Waals surface area contributed by atoms with E-state index in [0.717, 1.165) is 11.1 Å². The third-order valence-electron chi connectivity index (χ3n) is 2.72. The Hall–Kier alpha value is -2.83. The largest absolute Gasteiger partial charge is 0.306 e. The smallest absolute Gasteiger partial charge is 0.254 e. The van der Waals surface area contributed by atoms with Crippen LogP contribution in [0.4, 0.5) is 0 Å². The van der Waals surface area contributed by atoms with Crippen molar-refractivity contribution in [3.63, 3.8) is 0 Å². The Labute approximate surface area is 107 Å². The van der Waals surface area contributed by atoms with Gasteiger partial charge in [-0.15, -0.1) is 10.2 Å². The van der Waals surface area contributed by atoms with Crippen molar-refractivity contribution in [1.29, 1.82) is 0 Å². The van der Waals surface area contributed by atoms with Gasteiger partial charge >= 0.3 is 0 Å². The summed E-state index contributed by atoms with van der Waals surface area (Å²) >= 11 is 0. The van der Waals surface area contributed by atoms with Gasteiger partial charge in [0.25, 0.3) is 5.56 Å². The first-order chi connectivity index (χ1) is 9.24. The van der Waals surface area contributed by atoms with Crippen molar-refractivity contribution >= 4 is 0 Å². The molecular weight excluding hydrogens is 244 g/mol. The molecule has 0 spiro atoms. The van der Waals surface area contributed by atoms with Crippen LogP contribution in [0.2, 0.25) is 0 Å². The Kier molecular flexibility index (Phi) is 2.64. The second-order valence-electron chi connectivity index (χ2n) is 4.06. The molecular formula is C12H10N6O. The van der Waals surface area contributed by atoms with E-state index in [2.05, 4.69) is 30.6 Å². The first-order valence-electron chi connectivity index (χ1n) is 5.64. The Bertz CT molecular complexity index is 762. The minimum atomic E-state index is -0.144. The highest BCUT2D eigenvalue weighted by Gasteiger charge is 2.06. The molecule has 2 aromatic heterocycles. The highest BCUT2D eigenvalue weighted by atomic mass is 16.1. The standard InChI is InChI=1S/C12H10N6O/c1-7-6-13-10(14-12(7)19)8-3-2-4-9(5-8)11-15-17-18-16-11/h2-6H,1H3,(H,13,14,19)(H,15,16,17,18). The monoisotopic (exact) mass is 254 g/mol. The van der Waals surface area contributed by atoms with Crippen molar-refractivity contribution in [3.05, 3.63) is 46.4 Å². The number of aromatic nitrogens is 6. The molecule has 0 saturated carbocycles. The van der Waals surface area contributed by atoms with E-state index in [4.69, 9.17) is 0 Å². The van der Waals surface area contributed by atoms with Crippen LogP contribution in [-0.2, 0) is 0 Å². The number of hydrogen-bond donors (Lipinski definition) is 2. The van der Waals surface area contributed by atoms with Gasteiger partial charge in [0.1, 0.15) is 5.82 Å². The van der Waals surface area contributed by atoms with Gasteiger partial charge in [0, 0.05) is 22.9 Å². The van der Waals surface area contributed by atoms with E-state index in [9.17, 15) is 4.79 Å². The minimum Gasteiger partial charge on any atom is -0.306 e. The van der Waals surface area contributed by atoms with Crippen LogP contribution < -0.4 is 5.56 Å². The SMILES string of the molecule is Cc1cnc(-c2cccc(-c3nn[nH]n3)c2)[nH]c1=O. The van der Waals surface area contributed by atoms with Crippen molar-refractivity contribution < 1.29 is 0 Å². The molecule has 0 aliphatic carbocycles. The van der Waals surface area contributed by atoms with Gasteiger partial charge in [-0.3, -0.25) is 4.79 Å². The third-order valence-corrected chi connectivity index (χ3v) is 2.72. The maximum absolute atomic E-state index is 11.6. The first kappa shape index (κ1) is 11.3. The lowest BCUT2D eigenvalue weighted by molar-refractivity contribution is 0.881. The van der Waals surface area contributed by atoms with Crippen LogP contribution in [0.1, 0.15) is 5.56 Å². The normalized spacial score (nSPS) is 10.6. The molecule has 0 fully saturated rings. The zero-order valence-electron chi connectivity index (χ0n) is 10.1. The van der Waals surface area contributed by atoms with Crippen molar-refractivity contribution in [2.24, 2.45) is 0 Å². The van der Waals surface area contributed by atoms with Crippen molar-refractivity contribution in [2.75, 3.05) is 0 Å². The fourth-order valence-corrected chi connectivity index (χ4v) is 1.69. The maximum atomic E-state index is 11.6. The molecule has 2 N–H and O–H groups in total. The summed E-state index contributed by atoms with van der Waals surface area (Å²) in [5.41, 5.74) is 2.03. The average Bonchev–Trinajstić information content (AvgIpc) is 2.96. The molecule has 0 saturated heterocycles. The van der Waals surface area contributed by atoms with E-state index in [1.807, 2.05) is 24.3 Å². The summed E-state index contributed by atoms with van der Waals surface area (Å²) in [6.45, 7) is 1.71. The number of aryl methyl sites for hydroxylation is 1. The van der Waals surface area contributed by atoms with Gasteiger partial charge in [-0.25, -0.2) is 4.98 Å². The predicted octanol–water partition coefficient (Wildman–Crippen LogP) is 0.925. The van der Waals surface area contributed by atoms with Crippen LogP contribution in [0.15, 0.2) is 35.3 Å². The van der Waals surface area contributed by atoms with Crippen LogP contribution in [0.5, 0.6) is 0 Å². The molecule has 0 aliphatic heterocycles. The summed E-state index contributed by atoms with van der Waals surface area (Å²) in [7, 11) is 0. The van der Waals surface area contributed by atoms with Crippen LogP contribution in [-0.4, -0.2) is 30.6 Å². The lowest BCUT2D eigenvalue weighted by Crippen LogP contribution is -2.11. The van der Waals surface area contributed by atoms with Crippen LogP contribution in [0.3, 0.4) is 0 Å². The van der Waals surface area contributed by atoms with Gasteiger partial charge in [-0.05, 0) is 18.2 Å². The molecule has 0 bridgehead atoms. The van der Waals surface area contributed by atoms with E-state index in [-0.39, 0.29) is 5.56 Å². The second-order valence-corrected chi connectivity index (χ2v) is 4.06. The van der Waals surface area contributed by atoms with E-state index in [0.29, 0.717) is 17.2 Å². The van der Waals surface area contributed by atoms with Gasteiger partial charge in [-0.1, -0.05) is 18.2 Å². The predicted molar refractivity (Wildman–Crippen MR) is 68.2 cm³/mol. The topological polar surface area (TPSA) is 100 Å². The summed E-state index contributed by atoms with van der Waals surface area (Å²) in [6, 6.07) is 7.41. The molecule has 7 heteroatoms. The molecule has 94 valence electrons. The van der Waals surface area contributed by atoms with E-state index in [1.54, 1.807) is 13.1 Å². The van der Waals surface area contributed by atoms with Gasteiger partial charge in [0.05, 0.1) is 0 Å². The lowest BCUT2D eigenvalue weighted by Gasteiger charge is -2.02. The number of H-pyrrole nitrogens is 2. The number of tetrazole rings is 1. The fraction of sp³-hybridized carbons (Fsp3) is 0.0833. The lowest BCUT2D eigenvalue weighted by atomic mass is 10.1. The molecule has 0 atom stereocenters. The van der Waals surface area contributed by atoms with Gasteiger partial charge in [0.15, 0.2) is 0 Å². The Morgan fingerprint density at radius 1 is 1.21 bits per heavy atom. The van der Waals surface area contributed by atoms with Crippen LogP contribution in [0, 0.1) is 6.92 Å². The second kappa shape index (κ2) is 4.45. The van der Waals surface area contributed by atoms with E-state index in [1.165, 1.54) is 0 Å². The Morgan fingerprint density at radius 3 is 2.79 bits per heavy atom. The number of benzene rings is 1. The molecule has 1 aromatic carbocycles. The van der Waals surface area contributed by atoms with E-state index < -0.39 is 0 Å². The fourth-order valence-electron chi connectivity index (χ4n) is 1.69. The number of nitrogens with zero attached hydrogens (tertiary/aromatic N) is 4. The highest BCUT2D eigenvalue weighted by Crippen LogP contribution is 2.20. The zero-order chi connectivity index (χ0) is 13.2. The summed E-state index contributed by atoms with van der Waals surface area (Å²) in [6.07, 6.45) is 1.55. The summed E-state index contributed by atoms with van der Waals surface area (Å²) in [5.74, 6) is 1.01. The maximum Gasteiger partial charge on any atom is 0.254 e. The third kappa shape index (κ3) is 2.13. The molecule has 0 radical (unpaired) electrons. The molecule has 0 amide bonds. The molecule has 0 aliphatic rings. The molecule has 3 rings (SSSR count). The number of aromatic amines is 2. The van der Waals surface area contributed by atoms with Crippen LogP contribution >= 0.6 is 0 Å². The summed E-state index contributed by atoms with van der Waals surface area (Å²) in [4.78, 5) is 18.5. The molecule has 0 unspecified atom stereocenters. The summed E-state index contributed by atoms with van der Waals surface area (Å²) < 4.78 is 0. The van der Waals surface area contributed by atoms with Crippen LogP contribution in [0.25, 0.3) is 22.8 Å². The highest BCUT2D eigenvalue weighted by molar-refractivity contribution is 5.65. The Balaban J connectivity index is 2.08. The van der Waals surface area contributed by atoms with Gasteiger partial charge in [-0.2, -0.15) is 5.21 Å². The summed E-state index contributed by atoms with van der Waals surface area (Å²) in [5, 5.41) is 13.7.